The van der Waals surface area contributed by atoms with Crippen LogP contribution in [0.1, 0.15) is 10.4 Å². The molecule has 2 N–H and O–H groups in total. The molecule has 122 valence electrons. The highest BCUT2D eigenvalue weighted by atomic mass is 32.2. The minimum absolute atomic E-state index is 0.0371. The molecule has 3 aromatic rings. The number of hydrogen-bond acceptors (Lipinski definition) is 4. The first-order chi connectivity index (χ1) is 11.5. The highest BCUT2D eigenvalue weighted by Crippen LogP contribution is 2.28. The fraction of sp³-hybridized carbons (Fsp3) is 0. The average molecular weight is 359 g/mol. The van der Waals surface area contributed by atoms with Gasteiger partial charge in [-0.3, -0.25) is 4.72 Å². The monoisotopic (exact) mass is 359 g/mol. The molecule has 1 heterocycles. The molecule has 1 aromatic heterocycles. The Morgan fingerprint density at radius 2 is 1.75 bits per heavy atom. The third-order valence-corrected chi connectivity index (χ3v) is 5.60. The van der Waals surface area contributed by atoms with Gasteiger partial charge in [-0.05, 0) is 34.7 Å². The Morgan fingerprint density at radius 1 is 1.00 bits per heavy atom. The molecule has 0 aliphatic heterocycles. The summed E-state index contributed by atoms with van der Waals surface area (Å²) in [6.45, 7) is 0. The molecule has 0 amide bonds. The minimum Gasteiger partial charge on any atom is -0.478 e. The molecule has 0 unspecified atom stereocenters. The van der Waals surface area contributed by atoms with E-state index in [2.05, 4.69) is 4.72 Å². The van der Waals surface area contributed by atoms with E-state index in [1.54, 1.807) is 11.4 Å². The number of sulfonamides is 1. The standard InChI is InChI=1S/C17H13NO4S2/c19-17(20)15-7-6-13(12-4-2-1-3-5-12)10-16(15)18-24(21,22)14-8-9-23-11-14/h1-11,18H,(H,19,20). The maximum atomic E-state index is 12.4. The van der Waals surface area contributed by atoms with E-state index in [4.69, 9.17) is 0 Å². The van der Waals surface area contributed by atoms with Crippen molar-refractivity contribution in [3.63, 3.8) is 0 Å². The van der Waals surface area contributed by atoms with Crippen molar-refractivity contribution in [2.75, 3.05) is 4.72 Å². The molecule has 0 bridgehead atoms. The second kappa shape index (κ2) is 6.46. The molecule has 0 atom stereocenters. The number of benzene rings is 2. The summed E-state index contributed by atoms with van der Waals surface area (Å²) in [6.07, 6.45) is 0. The number of carboxylic acids is 1. The number of anilines is 1. The van der Waals surface area contributed by atoms with Crippen LogP contribution in [0.25, 0.3) is 11.1 Å². The zero-order valence-electron chi connectivity index (χ0n) is 12.3. The van der Waals surface area contributed by atoms with E-state index in [1.165, 1.54) is 34.9 Å². The van der Waals surface area contributed by atoms with Gasteiger partial charge in [0.2, 0.25) is 0 Å². The number of nitrogens with one attached hydrogen (secondary N) is 1. The normalized spacial score (nSPS) is 11.2. The van der Waals surface area contributed by atoms with Crippen molar-refractivity contribution >= 4 is 33.0 Å². The van der Waals surface area contributed by atoms with Crippen LogP contribution in [0.5, 0.6) is 0 Å². The van der Waals surface area contributed by atoms with Crippen LogP contribution in [-0.4, -0.2) is 19.5 Å². The van der Waals surface area contributed by atoms with Crippen LogP contribution in [0.15, 0.2) is 70.3 Å². The molecule has 0 spiro atoms. The summed E-state index contributed by atoms with van der Waals surface area (Å²) < 4.78 is 27.2. The fourth-order valence-corrected chi connectivity index (χ4v) is 4.33. The van der Waals surface area contributed by atoms with Crippen molar-refractivity contribution in [2.24, 2.45) is 0 Å². The summed E-state index contributed by atoms with van der Waals surface area (Å²) in [5, 5.41) is 12.5. The van der Waals surface area contributed by atoms with Gasteiger partial charge in [-0.2, -0.15) is 11.3 Å². The van der Waals surface area contributed by atoms with Gasteiger partial charge in [0.15, 0.2) is 0 Å². The van der Waals surface area contributed by atoms with E-state index in [9.17, 15) is 18.3 Å². The lowest BCUT2D eigenvalue weighted by atomic mass is 10.0. The molecule has 3 rings (SSSR count). The molecule has 2 aromatic carbocycles. The van der Waals surface area contributed by atoms with Crippen LogP contribution in [0.2, 0.25) is 0 Å². The van der Waals surface area contributed by atoms with Gasteiger partial charge in [0.1, 0.15) is 0 Å². The number of hydrogen-bond donors (Lipinski definition) is 2. The van der Waals surface area contributed by atoms with Crippen LogP contribution >= 0.6 is 11.3 Å². The van der Waals surface area contributed by atoms with E-state index < -0.39 is 16.0 Å². The van der Waals surface area contributed by atoms with E-state index in [1.807, 2.05) is 30.3 Å². The second-order valence-corrected chi connectivity index (χ2v) is 7.46. The lowest BCUT2D eigenvalue weighted by Gasteiger charge is -2.12. The molecular weight excluding hydrogens is 346 g/mol. The first kappa shape index (κ1) is 16.2. The zero-order valence-corrected chi connectivity index (χ0v) is 14.0. The SMILES string of the molecule is O=C(O)c1ccc(-c2ccccc2)cc1NS(=O)(=O)c1ccsc1. The summed E-state index contributed by atoms with van der Waals surface area (Å²) in [6, 6.07) is 15.4. The maximum absolute atomic E-state index is 12.4. The Kier molecular flexibility index (Phi) is 4.37. The molecule has 5 nitrogen and oxygen atoms in total. The number of thiophene rings is 1. The fourth-order valence-electron chi connectivity index (χ4n) is 2.23. The van der Waals surface area contributed by atoms with Gasteiger partial charge in [0.05, 0.1) is 16.1 Å². The smallest absolute Gasteiger partial charge is 0.337 e. The van der Waals surface area contributed by atoms with Crippen molar-refractivity contribution in [2.45, 2.75) is 4.90 Å². The van der Waals surface area contributed by atoms with Gasteiger partial charge in [0.25, 0.3) is 10.0 Å². The molecule has 0 saturated heterocycles. The number of carboxylic acid groups (broad SMARTS) is 1. The summed E-state index contributed by atoms with van der Waals surface area (Å²) in [4.78, 5) is 11.5. The minimum atomic E-state index is -3.83. The highest BCUT2D eigenvalue weighted by molar-refractivity contribution is 7.92. The van der Waals surface area contributed by atoms with Gasteiger partial charge >= 0.3 is 5.97 Å². The predicted octanol–water partition coefficient (Wildman–Crippen LogP) is 3.91. The van der Waals surface area contributed by atoms with E-state index in [0.717, 1.165) is 11.1 Å². The average Bonchev–Trinajstić information content (AvgIpc) is 3.10. The Morgan fingerprint density at radius 3 is 2.38 bits per heavy atom. The third-order valence-electron chi connectivity index (χ3n) is 3.41. The first-order valence-electron chi connectivity index (χ1n) is 6.95. The largest absolute Gasteiger partial charge is 0.478 e. The Hall–Kier alpha value is -2.64. The third kappa shape index (κ3) is 3.32. The zero-order chi connectivity index (χ0) is 17.2. The van der Waals surface area contributed by atoms with E-state index in [0.29, 0.717) is 0 Å². The summed E-state index contributed by atoms with van der Waals surface area (Å²) >= 11 is 1.25. The molecule has 0 aliphatic rings. The van der Waals surface area contributed by atoms with Crippen LogP contribution in [0.3, 0.4) is 0 Å². The van der Waals surface area contributed by atoms with Crippen molar-refractivity contribution in [1.29, 1.82) is 0 Å². The maximum Gasteiger partial charge on any atom is 0.337 e. The van der Waals surface area contributed by atoms with Crippen LogP contribution in [-0.2, 0) is 10.0 Å². The Labute approximate surface area is 143 Å². The van der Waals surface area contributed by atoms with E-state index >= 15 is 0 Å². The van der Waals surface area contributed by atoms with Gasteiger partial charge in [-0.15, -0.1) is 0 Å². The highest BCUT2D eigenvalue weighted by Gasteiger charge is 2.19. The van der Waals surface area contributed by atoms with Crippen molar-refractivity contribution in [3.8, 4) is 11.1 Å². The molecule has 0 aliphatic carbocycles. The van der Waals surface area contributed by atoms with Crippen LogP contribution in [0, 0.1) is 0 Å². The van der Waals surface area contributed by atoms with Crippen molar-refractivity contribution in [1.82, 2.24) is 0 Å². The van der Waals surface area contributed by atoms with Gasteiger partial charge < -0.3 is 5.11 Å². The molecule has 0 radical (unpaired) electrons. The van der Waals surface area contributed by atoms with Gasteiger partial charge in [-0.1, -0.05) is 36.4 Å². The molecule has 7 heteroatoms. The van der Waals surface area contributed by atoms with Gasteiger partial charge in [-0.25, -0.2) is 13.2 Å². The number of rotatable bonds is 5. The van der Waals surface area contributed by atoms with Crippen molar-refractivity contribution in [3.05, 3.63) is 70.9 Å². The first-order valence-corrected chi connectivity index (χ1v) is 9.38. The lowest BCUT2D eigenvalue weighted by Crippen LogP contribution is -2.15. The Bertz CT molecular complexity index is 965. The van der Waals surface area contributed by atoms with Gasteiger partial charge in [0, 0.05) is 5.38 Å². The Balaban J connectivity index is 2.06. The second-order valence-electron chi connectivity index (χ2n) is 5.00. The molecule has 0 saturated carbocycles. The number of aromatic carboxylic acids is 1. The van der Waals surface area contributed by atoms with Crippen molar-refractivity contribution < 1.29 is 18.3 Å². The summed E-state index contributed by atoms with van der Waals surface area (Å²) in [7, 11) is -3.83. The predicted molar refractivity (Wildman–Crippen MR) is 94.0 cm³/mol. The number of carbonyl (C=O) groups is 1. The summed E-state index contributed by atoms with van der Waals surface area (Å²) in [5.41, 5.74) is 1.53. The van der Waals surface area contributed by atoms with Crippen LogP contribution in [0.4, 0.5) is 5.69 Å². The lowest BCUT2D eigenvalue weighted by molar-refractivity contribution is 0.0698. The van der Waals surface area contributed by atoms with Crippen LogP contribution < -0.4 is 4.72 Å². The molecule has 0 fully saturated rings. The topological polar surface area (TPSA) is 83.5 Å². The summed E-state index contributed by atoms with van der Waals surface area (Å²) in [5.74, 6) is -1.20. The van der Waals surface area contributed by atoms with E-state index in [-0.39, 0.29) is 16.1 Å². The molecular formula is C17H13NO4S2. The quantitative estimate of drug-likeness (QED) is 0.723. The molecule has 24 heavy (non-hydrogen) atoms.